The monoisotopic (exact) mass is 1400 g/mol. The van der Waals surface area contributed by atoms with E-state index in [0.29, 0.717) is 0 Å². The second kappa shape index (κ2) is 23.8. The van der Waals surface area contributed by atoms with Crippen molar-refractivity contribution in [2.75, 3.05) is 14.7 Å². The third-order valence-corrected chi connectivity index (χ3v) is 24.5. The molecular weight excluding hydrogens is 1320 g/mol. The molecule has 0 amide bonds. The summed E-state index contributed by atoms with van der Waals surface area (Å²) in [4.78, 5) is 7.78. The lowest BCUT2D eigenvalue weighted by Gasteiger charge is -2.46. The summed E-state index contributed by atoms with van der Waals surface area (Å²) in [6.45, 7) is 20.7. The summed E-state index contributed by atoms with van der Waals surface area (Å²) in [5.74, 6) is 1.69. The second-order valence-electron chi connectivity index (χ2n) is 33.9. The van der Waals surface area contributed by atoms with Crippen molar-refractivity contribution in [3.63, 3.8) is 0 Å². The number of benzene rings is 15. The van der Waals surface area contributed by atoms with E-state index in [4.69, 9.17) is 4.74 Å². The van der Waals surface area contributed by atoms with Crippen LogP contribution in [0.15, 0.2) is 328 Å². The van der Waals surface area contributed by atoms with E-state index in [1.165, 1.54) is 105 Å². The zero-order chi connectivity index (χ0) is 73.6. The van der Waals surface area contributed by atoms with Crippen molar-refractivity contribution in [3.05, 3.63) is 367 Å². The molecule has 0 bridgehead atoms. The van der Waals surface area contributed by atoms with Gasteiger partial charge in [0.1, 0.15) is 11.5 Å². The summed E-state index contributed by atoms with van der Waals surface area (Å²) >= 11 is 0. The summed E-state index contributed by atoms with van der Waals surface area (Å²) in [7, 11) is 0. The normalized spacial score (nSPS) is 14.2. The number of nitrogens with zero attached hydrogens (tertiary/aromatic N) is 3. The number of fused-ring (bicyclic) bond motifs is 18. The molecule has 0 saturated heterocycles. The average molecular weight is 1400 g/mol. The Morgan fingerprint density at radius 3 is 1.28 bits per heavy atom. The van der Waals surface area contributed by atoms with Crippen LogP contribution in [0.25, 0.3) is 66.8 Å². The second-order valence-corrected chi connectivity index (χ2v) is 33.9. The molecule has 15 aromatic rings. The SMILES string of the molecule is CC(C)(C)c1cc(-c2cc3c4c(c2)N(c2ccc(C(C)(C)C)cc2-c2ccccc2)c2ccccc2B4c2cc4c(cc2N3c2ccccc2)Oc2cc(-c3cccc5c3C3(c6ccccc6-c6ccccc63)c3ccccc3-5)cc3c2B4c2ccccc2N3c2ccccc2-c2ccccc2)cc(C(C)(C)C)c1. The van der Waals surface area contributed by atoms with Crippen molar-refractivity contribution < 1.29 is 4.74 Å². The van der Waals surface area contributed by atoms with Crippen molar-refractivity contribution in [1.29, 1.82) is 0 Å². The molecule has 2 aliphatic carbocycles. The summed E-state index contributed by atoms with van der Waals surface area (Å²) in [5.41, 5.74) is 40.0. The van der Waals surface area contributed by atoms with E-state index in [1.54, 1.807) is 0 Å². The van der Waals surface area contributed by atoms with Gasteiger partial charge in [-0.25, -0.2) is 0 Å². The molecule has 4 nitrogen and oxygen atoms in total. The number of para-hydroxylation sites is 4. The summed E-state index contributed by atoms with van der Waals surface area (Å²) in [6, 6.07) is 125. The van der Waals surface area contributed by atoms with Gasteiger partial charge in [0.15, 0.2) is 0 Å². The van der Waals surface area contributed by atoms with Gasteiger partial charge in [-0.2, -0.15) is 0 Å². The van der Waals surface area contributed by atoms with Gasteiger partial charge in [-0.05, 0) is 210 Å². The van der Waals surface area contributed by atoms with Crippen LogP contribution < -0.4 is 52.2 Å². The lowest BCUT2D eigenvalue weighted by molar-refractivity contribution is 0.488. The highest BCUT2D eigenvalue weighted by Gasteiger charge is 2.54. The lowest BCUT2D eigenvalue weighted by atomic mass is 9.30. The smallest absolute Gasteiger partial charge is 0.256 e. The van der Waals surface area contributed by atoms with E-state index in [9.17, 15) is 0 Å². The minimum Gasteiger partial charge on any atom is -0.458 e. The van der Waals surface area contributed by atoms with Gasteiger partial charge < -0.3 is 19.4 Å². The molecule has 0 unspecified atom stereocenters. The van der Waals surface area contributed by atoms with Crippen LogP contribution in [-0.2, 0) is 21.7 Å². The summed E-state index contributed by atoms with van der Waals surface area (Å²) in [6.07, 6.45) is 0. The Bertz CT molecular complexity index is 6220. The van der Waals surface area contributed by atoms with Gasteiger partial charge in [0.05, 0.1) is 16.8 Å². The van der Waals surface area contributed by atoms with E-state index in [2.05, 4.69) is 405 Å². The first-order valence-electron chi connectivity index (χ1n) is 38.8. The molecule has 21 rings (SSSR count). The molecule has 109 heavy (non-hydrogen) atoms. The van der Waals surface area contributed by atoms with Crippen LogP contribution >= 0.6 is 0 Å². The third kappa shape index (κ3) is 9.66. The third-order valence-electron chi connectivity index (χ3n) is 24.5. The first-order valence-corrected chi connectivity index (χ1v) is 38.8. The zero-order valence-electron chi connectivity index (χ0n) is 63.1. The van der Waals surface area contributed by atoms with Crippen molar-refractivity contribution in [2.45, 2.75) is 84.0 Å². The van der Waals surface area contributed by atoms with Gasteiger partial charge in [-0.1, -0.05) is 317 Å². The molecular formula is C103H81B2N3O. The number of hydrogen-bond acceptors (Lipinski definition) is 4. The van der Waals surface area contributed by atoms with Crippen molar-refractivity contribution in [2.24, 2.45) is 0 Å². The van der Waals surface area contributed by atoms with Crippen LogP contribution in [0.1, 0.15) is 101 Å². The molecule has 0 radical (unpaired) electrons. The fourth-order valence-electron chi connectivity index (χ4n) is 19.5. The summed E-state index contributed by atoms with van der Waals surface area (Å²) < 4.78 is 8.11. The minimum absolute atomic E-state index is 0.0976. The molecule has 6 aliphatic rings. The van der Waals surface area contributed by atoms with Crippen LogP contribution in [0.2, 0.25) is 0 Å². The molecule has 6 heteroatoms. The Hall–Kier alpha value is -12.4. The van der Waals surface area contributed by atoms with Gasteiger partial charge in [-0.3, -0.25) is 0 Å². The predicted molar refractivity (Wildman–Crippen MR) is 460 cm³/mol. The molecule has 0 fully saturated rings. The maximum absolute atomic E-state index is 8.11. The van der Waals surface area contributed by atoms with Gasteiger partial charge in [0.25, 0.3) is 13.4 Å². The Balaban J connectivity index is 0.848. The Morgan fingerprint density at radius 2 is 0.688 bits per heavy atom. The predicted octanol–water partition coefficient (Wildman–Crippen LogP) is 23.1. The molecule has 520 valence electrons. The number of rotatable bonds is 7. The molecule has 4 heterocycles. The molecule has 0 saturated carbocycles. The summed E-state index contributed by atoms with van der Waals surface area (Å²) in [5, 5.41) is 0. The Morgan fingerprint density at radius 1 is 0.248 bits per heavy atom. The van der Waals surface area contributed by atoms with E-state index in [1.807, 2.05) is 0 Å². The van der Waals surface area contributed by atoms with Gasteiger partial charge >= 0.3 is 0 Å². The van der Waals surface area contributed by atoms with E-state index >= 15 is 0 Å². The van der Waals surface area contributed by atoms with Crippen LogP contribution in [-0.4, -0.2) is 13.4 Å². The highest BCUT2D eigenvalue weighted by molar-refractivity contribution is 7.02. The maximum atomic E-state index is 8.11. The fraction of sp³-hybridized carbons (Fsp3) is 0.126. The first kappa shape index (κ1) is 65.0. The minimum atomic E-state index is -0.596. The molecule has 0 atom stereocenters. The maximum Gasteiger partial charge on any atom is 0.256 e. The van der Waals surface area contributed by atoms with Crippen molar-refractivity contribution in [3.8, 4) is 78.3 Å². The van der Waals surface area contributed by atoms with Crippen LogP contribution in [0.5, 0.6) is 11.5 Å². The average Bonchev–Trinajstić information content (AvgIpc) is 1.67. The van der Waals surface area contributed by atoms with E-state index in [0.717, 1.165) is 95.9 Å². The van der Waals surface area contributed by atoms with Crippen LogP contribution in [0, 0.1) is 0 Å². The topological polar surface area (TPSA) is 19.0 Å². The van der Waals surface area contributed by atoms with E-state index in [-0.39, 0.29) is 29.7 Å². The van der Waals surface area contributed by atoms with Gasteiger partial charge in [0, 0.05) is 57.0 Å². The number of hydrogen-bond donors (Lipinski definition) is 0. The number of anilines is 9. The van der Waals surface area contributed by atoms with Crippen LogP contribution in [0.3, 0.4) is 0 Å². The highest BCUT2D eigenvalue weighted by Crippen LogP contribution is 2.65. The van der Waals surface area contributed by atoms with Crippen LogP contribution in [0.4, 0.5) is 51.2 Å². The first-order chi connectivity index (χ1) is 53.0. The van der Waals surface area contributed by atoms with Crippen molar-refractivity contribution >= 4 is 97.4 Å². The highest BCUT2D eigenvalue weighted by atomic mass is 16.5. The largest absolute Gasteiger partial charge is 0.458 e. The molecule has 0 aromatic heterocycles. The molecule has 15 aromatic carbocycles. The van der Waals surface area contributed by atoms with Gasteiger partial charge in [-0.15, -0.1) is 0 Å². The molecule has 4 aliphatic heterocycles. The number of ether oxygens (including phenoxy) is 1. The van der Waals surface area contributed by atoms with Crippen molar-refractivity contribution in [1.82, 2.24) is 0 Å². The molecule has 0 N–H and O–H groups in total. The Labute approximate surface area is 641 Å². The zero-order valence-corrected chi connectivity index (χ0v) is 63.1. The molecule has 1 spiro atoms. The lowest BCUT2D eigenvalue weighted by Crippen LogP contribution is -2.64. The standard InChI is InChI=1S/C103H81B2N3O/c1-100(2,3)69-52-53-88(79(61-69)65-34-15-11-16-35-65)108-89-50-29-26-47-83(89)104-85-62-86-95(63-91(85)106(72-36-17-12-18-37-72)92-56-67(57-93(108)98(92)104)66-54-70(101(4,5)6)60-71(55-66)102(7,8)9)109-96-59-68(58-94-99(96)105(86)84-48-27-30-51-90(84)107(94)87-49-28-22-38-73(87)64-32-13-10-14-33-64)74-42-31-43-78-77-41-21-25-46-82(77)103(97(74)78)80-44-23-19-39-75(80)76-40-20-24-45-81(76)103/h10-63H,1-9H3. The van der Waals surface area contributed by atoms with E-state index < -0.39 is 5.41 Å². The van der Waals surface area contributed by atoms with Gasteiger partial charge in [0.2, 0.25) is 0 Å². The quantitative estimate of drug-likeness (QED) is 0.148. The Kier molecular flexibility index (Phi) is 14.2. The fourth-order valence-corrected chi connectivity index (χ4v) is 19.5.